The Morgan fingerprint density at radius 1 is 1.23 bits per heavy atom. The summed E-state index contributed by atoms with van der Waals surface area (Å²) in [5.41, 5.74) is 1.79. The highest BCUT2D eigenvalue weighted by Crippen LogP contribution is 2.34. The number of hydrogen-bond acceptors (Lipinski definition) is 5. The lowest BCUT2D eigenvalue weighted by Gasteiger charge is -2.25. The minimum atomic E-state index is -0.349. The second-order valence-corrected chi connectivity index (χ2v) is 6.54. The van der Waals surface area contributed by atoms with E-state index < -0.39 is 0 Å². The fourth-order valence-electron chi connectivity index (χ4n) is 2.61. The number of amides is 2. The smallest absolute Gasteiger partial charge is 0.290 e. The van der Waals surface area contributed by atoms with E-state index in [1.54, 1.807) is 6.08 Å². The van der Waals surface area contributed by atoms with E-state index in [0.29, 0.717) is 9.93 Å². The Morgan fingerprint density at radius 2 is 2.09 bits per heavy atom. The van der Waals surface area contributed by atoms with E-state index in [9.17, 15) is 9.59 Å². The summed E-state index contributed by atoms with van der Waals surface area (Å²) in [5, 5.41) is 5.95. The van der Waals surface area contributed by atoms with Crippen LogP contribution in [0.5, 0.6) is 0 Å². The SMILES string of the molecule is O=C1NC(=O)/C(=C/c2cccc(Cl)c2N2CCCNCC2)S1. The Bertz CT molecular complexity index is 640. The molecule has 0 saturated carbocycles. The Morgan fingerprint density at radius 3 is 2.86 bits per heavy atom. The Balaban J connectivity index is 1.97. The Hall–Kier alpha value is -1.50. The van der Waals surface area contributed by atoms with Crippen LogP contribution in [-0.2, 0) is 4.79 Å². The van der Waals surface area contributed by atoms with E-state index >= 15 is 0 Å². The standard InChI is InChI=1S/C15H16ClN3O2S/c16-11-4-1-3-10(9-12-14(20)18-15(21)22-12)13(11)19-7-2-5-17-6-8-19/h1,3-4,9,17H,2,5-8H2,(H,18,20,21)/b12-9-. The molecule has 0 atom stereocenters. The van der Waals surface area contributed by atoms with Crippen LogP contribution in [0, 0.1) is 0 Å². The molecule has 0 bridgehead atoms. The molecule has 0 spiro atoms. The van der Waals surface area contributed by atoms with Gasteiger partial charge in [-0.15, -0.1) is 0 Å². The zero-order chi connectivity index (χ0) is 15.5. The van der Waals surface area contributed by atoms with Gasteiger partial charge in [0.25, 0.3) is 11.1 Å². The van der Waals surface area contributed by atoms with Gasteiger partial charge in [-0.25, -0.2) is 0 Å². The summed E-state index contributed by atoms with van der Waals surface area (Å²) < 4.78 is 0. The van der Waals surface area contributed by atoms with Crippen LogP contribution in [0.4, 0.5) is 10.5 Å². The predicted molar refractivity (Wildman–Crippen MR) is 90.3 cm³/mol. The van der Waals surface area contributed by atoms with Gasteiger partial charge in [-0.1, -0.05) is 23.7 Å². The summed E-state index contributed by atoms with van der Waals surface area (Å²) in [6.07, 6.45) is 2.78. The number of nitrogens with zero attached hydrogens (tertiary/aromatic N) is 1. The molecule has 0 unspecified atom stereocenters. The van der Waals surface area contributed by atoms with Gasteiger partial charge < -0.3 is 10.2 Å². The van der Waals surface area contributed by atoms with Gasteiger partial charge in [-0.2, -0.15) is 0 Å². The van der Waals surface area contributed by atoms with E-state index in [1.807, 2.05) is 18.2 Å². The van der Waals surface area contributed by atoms with E-state index in [4.69, 9.17) is 11.6 Å². The molecule has 7 heteroatoms. The number of halogens is 1. The van der Waals surface area contributed by atoms with Crippen molar-refractivity contribution in [2.75, 3.05) is 31.1 Å². The number of para-hydroxylation sites is 1. The third kappa shape index (κ3) is 3.29. The molecule has 3 rings (SSSR count). The average molecular weight is 338 g/mol. The Kier molecular flexibility index (Phi) is 4.71. The summed E-state index contributed by atoms with van der Waals surface area (Å²) in [4.78, 5) is 25.7. The molecule has 2 fully saturated rings. The summed E-state index contributed by atoms with van der Waals surface area (Å²) in [6, 6.07) is 5.63. The van der Waals surface area contributed by atoms with Crippen LogP contribution in [0.1, 0.15) is 12.0 Å². The maximum Gasteiger partial charge on any atom is 0.290 e. The van der Waals surface area contributed by atoms with Crippen molar-refractivity contribution >= 4 is 46.3 Å². The minimum absolute atomic E-state index is 0.334. The number of thioether (sulfide) groups is 1. The molecular formula is C15H16ClN3O2S. The van der Waals surface area contributed by atoms with Gasteiger partial charge in [0.2, 0.25) is 0 Å². The van der Waals surface area contributed by atoms with Gasteiger partial charge in [0.1, 0.15) is 0 Å². The lowest BCUT2D eigenvalue weighted by atomic mass is 10.1. The molecule has 22 heavy (non-hydrogen) atoms. The van der Waals surface area contributed by atoms with Crippen molar-refractivity contribution in [1.82, 2.24) is 10.6 Å². The molecule has 2 N–H and O–H groups in total. The van der Waals surface area contributed by atoms with E-state index in [2.05, 4.69) is 15.5 Å². The molecule has 116 valence electrons. The number of carbonyl (C=O) groups is 2. The lowest BCUT2D eigenvalue weighted by Crippen LogP contribution is -2.28. The number of benzene rings is 1. The second-order valence-electron chi connectivity index (χ2n) is 5.12. The zero-order valence-electron chi connectivity index (χ0n) is 11.9. The molecule has 5 nitrogen and oxygen atoms in total. The topological polar surface area (TPSA) is 61.4 Å². The largest absolute Gasteiger partial charge is 0.369 e. The highest BCUT2D eigenvalue weighted by molar-refractivity contribution is 8.18. The van der Waals surface area contributed by atoms with E-state index in [-0.39, 0.29) is 11.1 Å². The molecule has 2 saturated heterocycles. The van der Waals surface area contributed by atoms with Gasteiger partial charge in [0, 0.05) is 25.2 Å². The molecule has 0 aromatic heterocycles. The summed E-state index contributed by atoms with van der Waals surface area (Å²) >= 11 is 7.32. The van der Waals surface area contributed by atoms with E-state index in [1.165, 1.54) is 0 Å². The fourth-order valence-corrected chi connectivity index (χ4v) is 3.59. The number of rotatable bonds is 2. The molecule has 2 heterocycles. The highest BCUT2D eigenvalue weighted by Gasteiger charge is 2.26. The number of nitrogens with one attached hydrogen (secondary N) is 2. The van der Waals surface area contributed by atoms with Gasteiger partial charge in [0.15, 0.2) is 0 Å². The normalized spacial score (nSPS) is 21.1. The summed E-state index contributed by atoms with van der Waals surface area (Å²) in [6.45, 7) is 3.66. The first-order chi connectivity index (χ1) is 10.6. The quantitative estimate of drug-likeness (QED) is 0.812. The summed E-state index contributed by atoms with van der Waals surface area (Å²) in [5.74, 6) is -0.349. The Labute approximate surface area is 138 Å². The molecular weight excluding hydrogens is 322 g/mol. The third-order valence-corrected chi connectivity index (χ3v) is 4.72. The van der Waals surface area contributed by atoms with E-state index in [0.717, 1.165) is 55.6 Å². The third-order valence-electron chi connectivity index (χ3n) is 3.60. The molecule has 2 aliphatic heterocycles. The number of anilines is 1. The van der Waals surface area contributed by atoms with Crippen LogP contribution in [0.3, 0.4) is 0 Å². The second kappa shape index (κ2) is 6.73. The molecule has 1 aromatic carbocycles. The van der Waals surface area contributed by atoms with Crippen LogP contribution in [-0.4, -0.2) is 37.3 Å². The lowest BCUT2D eigenvalue weighted by molar-refractivity contribution is -0.115. The number of hydrogen-bond donors (Lipinski definition) is 2. The molecule has 1 aromatic rings. The van der Waals surface area contributed by atoms with Crippen molar-refractivity contribution in [2.24, 2.45) is 0 Å². The molecule has 2 amide bonds. The van der Waals surface area contributed by atoms with Gasteiger partial charge in [0.05, 0.1) is 15.6 Å². The first-order valence-corrected chi connectivity index (χ1v) is 8.33. The van der Waals surface area contributed by atoms with Gasteiger partial charge in [-0.05, 0) is 36.9 Å². The molecule has 0 aliphatic carbocycles. The fraction of sp³-hybridized carbons (Fsp3) is 0.333. The van der Waals surface area contributed by atoms with Gasteiger partial charge in [-0.3, -0.25) is 14.9 Å². The van der Waals surface area contributed by atoms with Crippen LogP contribution in [0.2, 0.25) is 5.02 Å². The van der Waals surface area contributed by atoms with Crippen molar-refractivity contribution in [3.05, 3.63) is 33.7 Å². The first-order valence-electron chi connectivity index (χ1n) is 7.14. The maximum atomic E-state index is 11.7. The number of imide groups is 1. The highest BCUT2D eigenvalue weighted by atomic mass is 35.5. The van der Waals surface area contributed by atoms with Crippen LogP contribution >= 0.6 is 23.4 Å². The van der Waals surface area contributed by atoms with Crippen molar-refractivity contribution in [1.29, 1.82) is 0 Å². The average Bonchev–Trinajstić information content (AvgIpc) is 2.69. The van der Waals surface area contributed by atoms with Crippen LogP contribution < -0.4 is 15.5 Å². The molecule has 0 radical (unpaired) electrons. The minimum Gasteiger partial charge on any atom is -0.369 e. The molecule has 2 aliphatic rings. The van der Waals surface area contributed by atoms with Crippen molar-refractivity contribution < 1.29 is 9.59 Å². The monoisotopic (exact) mass is 337 g/mol. The van der Waals surface area contributed by atoms with Crippen LogP contribution in [0.25, 0.3) is 6.08 Å². The predicted octanol–water partition coefficient (Wildman–Crippen LogP) is 2.46. The first kappa shape index (κ1) is 15.4. The van der Waals surface area contributed by atoms with Crippen molar-refractivity contribution in [3.63, 3.8) is 0 Å². The maximum absolute atomic E-state index is 11.7. The van der Waals surface area contributed by atoms with Crippen LogP contribution in [0.15, 0.2) is 23.1 Å². The van der Waals surface area contributed by atoms with Crippen molar-refractivity contribution in [2.45, 2.75) is 6.42 Å². The summed E-state index contributed by atoms with van der Waals surface area (Å²) in [7, 11) is 0. The number of carbonyl (C=O) groups excluding carboxylic acids is 2. The van der Waals surface area contributed by atoms with Crippen molar-refractivity contribution in [3.8, 4) is 0 Å². The zero-order valence-corrected chi connectivity index (χ0v) is 13.5. The van der Waals surface area contributed by atoms with Gasteiger partial charge >= 0.3 is 0 Å².